The number of hydrogen-bond donors (Lipinski definition) is 0. The Labute approximate surface area is 68.1 Å². The SMILES string of the molecule is CC(C)c1cnc(C(F)F)s1. The van der Waals surface area contributed by atoms with Crippen molar-refractivity contribution in [1.82, 2.24) is 4.98 Å². The van der Waals surface area contributed by atoms with Crippen LogP contribution in [0.4, 0.5) is 8.78 Å². The van der Waals surface area contributed by atoms with Gasteiger partial charge in [-0.3, -0.25) is 0 Å². The highest BCUT2D eigenvalue weighted by molar-refractivity contribution is 7.11. The van der Waals surface area contributed by atoms with Crippen molar-refractivity contribution in [2.75, 3.05) is 0 Å². The second kappa shape index (κ2) is 3.26. The van der Waals surface area contributed by atoms with Gasteiger partial charge in [-0.25, -0.2) is 13.8 Å². The summed E-state index contributed by atoms with van der Waals surface area (Å²) in [5.74, 6) is 0.292. The maximum Gasteiger partial charge on any atom is 0.289 e. The minimum Gasteiger partial charge on any atom is -0.243 e. The van der Waals surface area contributed by atoms with Gasteiger partial charge in [-0.2, -0.15) is 0 Å². The predicted octanol–water partition coefficient (Wildman–Crippen LogP) is 3.20. The Morgan fingerprint density at radius 3 is 2.36 bits per heavy atom. The van der Waals surface area contributed by atoms with Crippen LogP contribution in [0.3, 0.4) is 0 Å². The zero-order valence-electron chi connectivity index (χ0n) is 6.34. The molecule has 0 aromatic carbocycles. The summed E-state index contributed by atoms with van der Waals surface area (Å²) in [5, 5.41) is -0.0753. The Morgan fingerprint density at radius 1 is 1.45 bits per heavy atom. The van der Waals surface area contributed by atoms with Crippen molar-refractivity contribution in [1.29, 1.82) is 0 Å². The topological polar surface area (TPSA) is 12.9 Å². The molecule has 1 heterocycles. The summed E-state index contributed by atoms with van der Waals surface area (Å²) in [5.41, 5.74) is 0. The zero-order valence-corrected chi connectivity index (χ0v) is 7.16. The van der Waals surface area contributed by atoms with Gasteiger partial charge in [-0.1, -0.05) is 13.8 Å². The molecule has 0 atom stereocenters. The van der Waals surface area contributed by atoms with Crippen LogP contribution in [0.1, 0.15) is 36.1 Å². The quantitative estimate of drug-likeness (QED) is 0.676. The highest BCUT2D eigenvalue weighted by Gasteiger charge is 2.13. The molecule has 62 valence electrons. The highest BCUT2D eigenvalue weighted by Crippen LogP contribution is 2.28. The number of aromatic nitrogens is 1. The highest BCUT2D eigenvalue weighted by atomic mass is 32.1. The van der Waals surface area contributed by atoms with E-state index in [4.69, 9.17) is 0 Å². The number of rotatable bonds is 2. The first-order valence-electron chi connectivity index (χ1n) is 3.35. The third-order valence-corrected chi connectivity index (χ3v) is 2.60. The minimum atomic E-state index is -2.42. The second-order valence-corrected chi connectivity index (χ2v) is 3.65. The molecule has 0 saturated carbocycles. The molecule has 0 aliphatic carbocycles. The van der Waals surface area contributed by atoms with E-state index < -0.39 is 6.43 Å². The van der Waals surface area contributed by atoms with Crippen molar-refractivity contribution in [3.05, 3.63) is 16.1 Å². The van der Waals surface area contributed by atoms with Crippen LogP contribution >= 0.6 is 11.3 Å². The van der Waals surface area contributed by atoms with E-state index in [2.05, 4.69) is 4.98 Å². The molecule has 0 radical (unpaired) electrons. The number of halogens is 2. The molecule has 0 amide bonds. The molecule has 4 heteroatoms. The molecule has 1 nitrogen and oxygen atoms in total. The van der Waals surface area contributed by atoms with Gasteiger partial charge < -0.3 is 0 Å². The maximum absolute atomic E-state index is 12.0. The Kier molecular flexibility index (Phi) is 2.54. The summed E-state index contributed by atoms with van der Waals surface area (Å²) >= 11 is 1.09. The van der Waals surface area contributed by atoms with E-state index in [1.165, 1.54) is 6.20 Å². The van der Waals surface area contributed by atoms with Crippen molar-refractivity contribution in [2.24, 2.45) is 0 Å². The van der Waals surface area contributed by atoms with Gasteiger partial charge in [0.2, 0.25) is 0 Å². The van der Waals surface area contributed by atoms with Gasteiger partial charge in [-0.05, 0) is 5.92 Å². The van der Waals surface area contributed by atoms with Crippen molar-refractivity contribution in [3.63, 3.8) is 0 Å². The third kappa shape index (κ3) is 1.96. The molecule has 0 unspecified atom stereocenters. The van der Waals surface area contributed by atoms with Crippen LogP contribution in [0, 0.1) is 0 Å². The first-order valence-corrected chi connectivity index (χ1v) is 4.16. The van der Waals surface area contributed by atoms with Gasteiger partial charge in [0.05, 0.1) is 0 Å². The van der Waals surface area contributed by atoms with Gasteiger partial charge in [0.25, 0.3) is 6.43 Å². The summed E-state index contributed by atoms with van der Waals surface area (Å²) in [6, 6.07) is 0. The second-order valence-electron chi connectivity index (χ2n) is 2.56. The van der Waals surface area contributed by atoms with Crippen LogP contribution in [-0.4, -0.2) is 4.98 Å². The first kappa shape index (κ1) is 8.59. The van der Waals surface area contributed by atoms with Gasteiger partial charge in [0.1, 0.15) is 0 Å². The summed E-state index contributed by atoms with van der Waals surface area (Å²) in [6.45, 7) is 3.92. The van der Waals surface area contributed by atoms with Crippen molar-refractivity contribution < 1.29 is 8.78 Å². The first-order chi connectivity index (χ1) is 5.11. The van der Waals surface area contributed by atoms with E-state index in [0.717, 1.165) is 16.2 Å². The van der Waals surface area contributed by atoms with Gasteiger partial charge in [-0.15, -0.1) is 11.3 Å². The van der Waals surface area contributed by atoms with E-state index >= 15 is 0 Å². The summed E-state index contributed by atoms with van der Waals surface area (Å²) in [7, 11) is 0. The summed E-state index contributed by atoms with van der Waals surface area (Å²) in [6.07, 6.45) is -0.899. The lowest BCUT2D eigenvalue weighted by atomic mass is 10.2. The number of nitrogens with zero attached hydrogens (tertiary/aromatic N) is 1. The van der Waals surface area contributed by atoms with Crippen LogP contribution in [0.15, 0.2) is 6.20 Å². The lowest BCUT2D eigenvalue weighted by Gasteiger charge is -1.95. The predicted molar refractivity (Wildman–Crippen MR) is 41.2 cm³/mol. The van der Waals surface area contributed by atoms with E-state index in [1.54, 1.807) is 0 Å². The molecule has 0 aliphatic rings. The number of hydrogen-bond acceptors (Lipinski definition) is 2. The standard InChI is InChI=1S/C7H9F2NS/c1-4(2)5-3-10-7(11-5)6(8)9/h3-4,6H,1-2H3. The van der Waals surface area contributed by atoms with Gasteiger partial charge >= 0.3 is 0 Å². The molecule has 0 fully saturated rings. The molecular weight excluding hydrogens is 168 g/mol. The molecule has 1 aromatic rings. The molecule has 0 spiro atoms. The molecule has 0 bridgehead atoms. The van der Waals surface area contributed by atoms with E-state index in [-0.39, 0.29) is 5.01 Å². The Bertz CT molecular complexity index is 210. The Hall–Kier alpha value is -0.510. The normalized spacial score (nSPS) is 11.5. The third-order valence-electron chi connectivity index (χ3n) is 1.30. The molecule has 0 N–H and O–H groups in total. The van der Waals surface area contributed by atoms with E-state index in [0.29, 0.717) is 5.92 Å². The fourth-order valence-electron chi connectivity index (χ4n) is 0.669. The molecule has 0 aliphatic heterocycles. The smallest absolute Gasteiger partial charge is 0.243 e. The fourth-order valence-corrected chi connectivity index (χ4v) is 1.45. The monoisotopic (exact) mass is 177 g/mol. The van der Waals surface area contributed by atoms with Crippen LogP contribution in [0.2, 0.25) is 0 Å². The van der Waals surface area contributed by atoms with Crippen LogP contribution in [0.5, 0.6) is 0 Å². The maximum atomic E-state index is 12.0. The number of thiazole rings is 1. The van der Waals surface area contributed by atoms with Gasteiger partial charge in [0, 0.05) is 11.1 Å². The van der Waals surface area contributed by atoms with E-state index in [1.807, 2.05) is 13.8 Å². The van der Waals surface area contributed by atoms with Crippen molar-refractivity contribution >= 4 is 11.3 Å². The minimum absolute atomic E-state index is 0.0753. The lowest BCUT2D eigenvalue weighted by Crippen LogP contribution is -1.78. The zero-order chi connectivity index (χ0) is 8.43. The van der Waals surface area contributed by atoms with Crippen molar-refractivity contribution in [3.8, 4) is 0 Å². The lowest BCUT2D eigenvalue weighted by molar-refractivity contribution is 0.151. The van der Waals surface area contributed by atoms with Gasteiger partial charge in [0.15, 0.2) is 5.01 Å². The molecular formula is C7H9F2NS. The van der Waals surface area contributed by atoms with Crippen molar-refractivity contribution in [2.45, 2.75) is 26.2 Å². The number of alkyl halides is 2. The van der Waals surface area contributed by atoms with Crippen LogP contribution in [0.25, 0.3) is 0 Å². The Morgan fingerprint density at radius 2 is 2.09 bits per heavy atom. The molecule has 11 heavy (non-hydrogen) atoms. The molecule has 1 aromatic heterocycles. The van der Waals surface area contributed by atoms with E-state index in [9.17, 15) is 8.78 Å². The van der Waals surface area contributed by atoms with Crippen LogP contribution in [-0.2, 0) is 0 Å². The average Bonchev–Trinajstić information content (AvgIpc) is 2.33. The van der Waals surface area contributed by atoms with Crippen LogP contribution < -0.4 is 0 Å². The summed E-state index contributed by atoms with van der Waals surface area (Å²) < 4.78 is 24.0. The largest absolute Gasteiger partial charge is 0.289 e. The average molecular weight is 177 g/mol. The molecule has 0 saturated heterocycles. The summed E-state index contributed by atoms with van der Waals surface area (Å²) in [4.78, 5) is 4.52. The fraction of sp³-hybridized carbons (Fsp3) is 0.571. The molecule has 1 rings (SSSR count). The Balaban J connectivity index is 2.82.